The number of hydrogen-bond acceptors (Lipinski definition) is 3. The van der Waals surface area contributed by atoms with Crippen LogP contribution in [0.4, 0.5) is 11.4 Å². The van der Waals surface area contributed by atoms with Crippen molar-refractivity contribution < 1.29 is 13.2 Å². The van der Waals surface area contributed by atoms with Gasteiger partial charge in [0, 0.05) is 15.7 Å². The zero-order chi connectivity index (χ0) is 25.9. The monoisotopic (exact) mass is 538 g/mol. The zero-order valence-corrected chi connectivity index (χ0v) is 22.0. The summed E-state index contributed by atoms with van der Waals surface area (Å²) in [6.07, 6.45) is 0. The van der Waals surface area contributed by atoms with Gasteiger partial charge in [0.25, 0.3) is 15.9 Å². The summed E-state index contributed by atoms with van der Waals surface area (Å²) in [5, 5.41) is 3.89. The Balaban J connectivity index is 1.78. The smallest absolute Gasteiger partial charge is 0.264 e. The van der Waals surface area contributed by atoms with E-state index in [0.29, 0.717) is 15.7 Å². The molecule has 0 heterocycles. The first-order valence-corrected chi connectivity index (χ1v) is 13.3. The maximum Gasteiger partial charge on any atom is 0.264 e. The topological polar surface area (TPSA) is 66.5 Å². The Labute approximate surface area is 221 Å². The quantitative estimate of drug-likeness (QED) is 0.269. The van der Waals surface area contributed by atoms with E-state index >= 15 is 0 Å². The van der Waals surface area contributed by atoms with Gasteiger partial charge in [-0.3, -0.25) is 9.10 Å². The van der Waals surface area contributed by atoms with Crippen LogP contribution in [0.1, 0.15) is 27.0 Å². The molecule has 4 aromatic carbocycles. The van der Waals surface area contributed by atoms with Gasteiger partial charge in [-0.25, -0.2) is 8.42 Å². The average molecular weight is 539 g/mol. The van der Waals surface area contributed by atoms with Crippen LogP contribution >= 0.6 is 23.2 Å². The van der Waals surface area contributed by atoms with Crippen LogP contribution in [0.25, 0.3) is 0 Å². The summed E-state index contributed by atoms with van der Waals surface area (Å²) in [5.41, 5.74) is 3.51. The van der Waals surface area contributed by atoms with E-state index in [-0.39, 0.29) is 22.7 Å². The number of nitrogens with one attached hydrogen (secondary N) is 1. The van der Waals surface area contributed by atoms with Crippen molar-refractivity contribution in [2.75, 3.05) is 9.62 Å². The zero-order valence-electron chi connectivity index (χ0n) is 19.7. The van der Waals surface area contributed by atoms with Crippen LogP contribution in [0.15, 0.2) is 95.9 Å². The molecule has 0 aliphatic heterocycles. The first kappa shape index (κ1) is 25.8. The average Bonchev–Trinajstić information content (AvgIpc) is 2.86. The summed E-state index contributed by atoms with van der Waals surface area (Å²) < 4.78 is 29.0. The second-order valence-corrected chi connectivity index (χ2v) is 11.1. The summed E-state index contributed by atoms with van der Waals surface area (Å²) in [6, 6.07) is 25.4. The molecule has 1 N–H and O–H groups in total. The molecule has 36 heavy (non-hydrogen) atoms. The predicted octanol–water partition coefficient (Wildman–Crippen LogP) is 7.26. The lowest BCUT2D eigenvalue weighted by atomic mass is 10.1. The molecule has 0 radical (unpaired) electrons. The first-order valence-electron chi connectivity index (χ1n) is 11.2. The van der Waals surface area contributed by atoms with Crippen molar-refractivity contribution in [1.82, 2.24) is 0 Å². The molecule has 0 aliphatic rings. The number of anilines is 2. The molecule has 5 nitrogen and oxygen atoms in total. The molecular weight excluding hydrogens is 515 g/mol. The number of rotatable bonds is 7. The number of para-hydroxylation sites is 1. The number of halogens is 2. The van der Waals surface area contributed by atoms with E-state index in [4.69, 9.17) is 23.2 Å². The number of benzene rings is 4. The summed E-state index contributed by atoms with van der Waals surface area (Å²) in [5.74, 6) is -0.453. The van der Waals surface area contributed by atoms with E-state index in [2.05, 4.69) is 5.32 Å². The van der Waals surface area contributed by atoms with E-state index < -0.39 is 15.9 Å². The highest BCUT2D eigenvalue weighted by Gasteiger charge is 2.28. The van der Waals surface area contributed by atoms with Gasteiger partial charge < -0.3 is 5.32 Å². The number of amides is 1. The SMILES string of the molecule is Cc1ccc(S(=O)(=O)N(Cc2ccc(Cl)cc2)c2ccccc2C(=O)Nc2ccc(C)c(Cl)c2)cc1. The molecule has 0 saturated carbocycles. The van der Waals surface area contributed by atoms with Gasteiger partial charge in [0.15, 0.2) is 0 Å². The summed E-state index contributed by atoms with van der Waals surface area (Å²) in [7, 11) is -4.02. The fourth-order valence-electron chi connectivity index (χ4n) is 3.64. The summed E-state index contributed by atoms with van der Waals surface area (Å²) in [6.45, 7) is 3.76. The Morgan fingerprint density at radius 3 is 2.19 bits per heavy atom. The number of hydrogen-bond donors (Lipinski definition) is 1. The molecule has 0 atom stereocenters. The number of sulfonamides is 1. The maximum absolute atomic E-state index is 13.9. The number of carbonyl (C=O) groups is 1. The third-order valence-corrected chi connectivity index (χ3v) is 8.13. The van der Waals surface area contributed by atoms with Crippen LogP contribution < -0.4 is 9.62 Å². The van der Waals surface area contributed by atoms with Crippen molar-refractivity contribution >= 4 is 50.5 Å². The van der Waals surface area contributed by atoms with Crippen molar-refractivity contribution in [1.29, 1.82) is 0 Å². The van der Waals surface area contributed by atoms with Gasteiger partial charge in [-0.2, -0.15) is 0 Å². The minimum absolute atomic E-state index is 0.00797. The highest BCUT2D eigenvalue weighted by Crippen LogP contribution is 2.31. The maximum atomic E-state index is 13.9. The molecule has 4 aromatic rings. The van der Waals surface area contributed by atoms with Crippen LogP contribution in [-0.4, -0.2) is 14.3 Å². The largest absolute Gasteiger partial charge is 0.322 e. The number of carbonyl (C=O) groups excluding carboxylic acids is 1. The van der Waals surface area contributed by atoms with Gasteiger partial charge >= 0.3 is 0 Å². The lowest BCUT2D eigenvalue weighted by Gasteiger charge is -2.27. The highest BCUT2D eigenvalue weighted by atomic mass is 35.5. The summed E-state index contributed by atoms with van der Waals surface area (Å²) in [4.78, 5) is 13.5. The number of nitrogens with zero attached hydrogens (tertiary/aromatic N) is 1. The Kier molecular flexibility index (Phi) is 7.69. The molecule has 0 unspecified atom stereocenters. The van der Waals surface area contributed by atoms with E-state index in [1.807, 2.05) is 13.8 Å². The molecule has 0 bridgehead atoms. The second kappa shape index (κ2) is 10.7. The van der Waals surface area contributed by atoms with Crippen molar-refractivity contribution in [2.45, 2.75) is 25.3 Å². The van der Waals surface area contributed by atoms with Gasteiger partial charge in [0.1, 0.15) is 0 Å². The van der Waals surface area contributed by atoms with Crippen LogP contribution in [0.3, 0.4) is 0 Å². The van der Waals surface area contributed by atoms with Gasteiger partial charge in [-0.05, 0) is 73.5 Å². The van der Waals surface area contributed by atoms with Crippen LogP contribution in [0.5, 0.6) is 0 Å². The van der Waals surface area contributed by atoms with Crippen molar-refractivity contribution in [3.8, 4) is 0 Å². The van der Waals surface area contributed by atoms with Crippen molar-refractivity contribution in [3.63, 3.8) is 0 Å². The third kappa shape index (κ3) is 5.73. The minimum Gasteiger partial charge on any atom is -0.322 e. The van der Waals surface area contributed by atoms with Gasteiger partial charge in [-0.1, -0.05) is 71.2 Å². The molecule has 1 amide bonds. The Morgan fingerprint density at radius 1 is 0.861 bits per heavy atom. The van der Waals surface area contributed by atoms with Crippen LogP contribution in [-0.2, 0) is 16.6 Å². The Bertz CT molecular complexity index is 1500. The molecule has 0 aromatic heterocycles. The van der Waals surface area contributed by atoms with Crippen molar-refractivity contribution in [2.24, 2.45) is 0 Å². The molecule has 8 heteroatoms. The predicted molar refractivity (Wildman–Crippen MR) is 147 cm³/mol. The Hall–Kier alpha value is -3.32. The van der Waals surface area contributed by atoms with Crippen LogP contribution in [0, 0.1) is 13.8 Å². The first-order chi connectivity index (χ1) is 17.1. The second-order valence-electron chi connectivity index (χ2n) is 8.39. The molecule has 0 aliphatic carbocycles. The minimum atomic E-state index is -4.02. The standard InChI is InChI=1S/C28H24Cl2N2O3S/c1-19-7-15-24(16-8-19)36(34,35)32(18-21-10-12-22(29)13-11-21)27-6-4-3-5-25(27)28(33)31-23-14-9-20(2)26(30)17-23/h3-17H,18H2,1-2H3,(H,31,33). The van der Waals surface area contributed by atoms with Gasteiger partial charge in [0.05, 0.1) is 22.7 Å². The van der Waals surface area contributed by atoms with E-state index in [0.717, 1.165) is 16.7 Å². The molecule has 0 spiro atoms. The summed E-state index contributed by atoms with van der Waals surface area (Å²) >= 11 is 12.3. The molecule has 4 rings (SSSR count). The lowest BCUT2D eigenvalue weighted by molar-refractivity contribution is 0.102. The highest BCUT2D eigenvalue weighted by molar-refractivity contribution is 7.92. The van der Waals surface area contributed by atoms with E-state index in [1.165, 1.54) is 4.31 Å². The fourth-order valence-corrected chi connectivity index (χ4v) is 5.42. The third-order valence-electron chi connectivity index (χ3n) is 5.70. The molecule has 0 saturated heterocycles. The number of aryl methyl sites for hydroxylation is 2. The lowest BCUT2D eigenvalue weighted by Crippen LogP contribution is -2.32. The van der Waals surface area contributed by atoms with E-state index in [1.54, 1.807) is 91.0 Å². The van der Waals surface area contributed by atoms with Crippen molar-refractivity contribution in [3.05, 3.63) is 123 Å². The molecule has 0 fully saturated rings. The normalized spacial score (nSPS) is 11.2. The van der Waals surface area contributed by atoms with Crippen LogP contribution in [0.2, 0.25) is 10.0 Å². The molecular formula is C28H24Cl2N2O3S. The Morgan fingerprint density at radius 2 is 1.53 bits per heavy atom. The fraction of sp³-hybridized carbons (Fsp3) is 0.107. The molecule has 184 valence electrons. The van der Waals surface area contributed by atoms with Gasteiger partial charge in [-0.15, -0.1) is 0 Å². The van der Waals surface area contributed by atoms with Gasteiger partial charge in [0.2, 0.25) is 0 Å². The van der Waals surface area contributed by atoms with E-state index in [9.17, 15) is 13.2 Å².